The minimum atomic E-state index is -0.818. The third-order valence-corrected chi connectivity index (χ3v) is 3.87. The van der Waals surface area contributed by atoms with Crippen LogP contribution in [0, 0.1) is 5.92 Å². The van der Waals surface area contributed by atoms with E-state index in [0.29, 0.717) is 18.5 Å². The fourth-order valence-corrected chi connectivity index (χ4v) is 2.68. The van der Waals surface area contributed by atoms with Crippen LogP contribution in [0.1, 0.15) is 49.4 Å². The summed E-state index contributed by atoms with van der Waals surface area (Å²) in [6.45, 7) is 2.65. The Kier molecular flexibility index (Phi) is 4.76. The summed E-state index contributed by atoms with van der Waals surface area (Å²) in [6.07, 6.45) is 7.47. The Labute approximate surface area is 118 Å². The number of rotatable bonds is 4. The van der Waals surface area contributed by atoms with E-state index < -0.39 is 11.9 Å². The first-order valence-corrected chi connectivity index (χ1v) is 7.18. The Hall–Kier alpha value is -1.85. The second kappa shape index (κ2) is 6.54. The standard InChI is InChI=1S/C14H21N3O3/c1-2-17-9-10(8-15-17)13(18)16-12-7-5-3-4-6-11(12)14(19)20/h8-9,11-12H,2-7H2,1H3,(H,16,18)(H,19,20). The Morgan fingerprint density at radius 1 is 1.40 bits per heavy atom. The van der Waals surface area contributed by atoms with Crippen molar-refractivity contribution >= 4 is 11.9 Å². The van der Waals surface area contributed by atoms with Crippen molar-refractivity contribution in [2.75, 3.05) is 0 Å². The Bertz CT molecular complexity index is 484. The molecule has 1 heterocycles. The maximum absolute atomic E-state index is 12.2. The SMILES string of the molecule is CCn1cc(C(=O)NC2CCCCCC2C(=O)O)cn1. The molecule has 1 aliphatic carbocycles. The zero-order valence-electron chi connectivity index (χ0n) is 11.7. The number of nitrogens with one attached hydrogen (secondary N) is 1. The zero-order valence-corrected chi connectivity index (χ0v) is 11.7. The van der Waals surface area contributed by atoms with Crippen molar-refractivity contribution in [3.63, 3.8) is 0 Å². The van der Waals surface area contributed by atoms with E-state index in [9.17, 15) is 14.7 Å². The maximum Gasteiger partial charge on any atom is 0.308 e. The summed E-state index contributed by atoms with van der Waals surface area (Å²) in [5, 5.41) is 16.2. The highest BCUT2D eigenvalue weighted by Crippen LogP contribution is 2.24. The lowest BCUT2D eigenvalue weighted by molar-refractivity contribution is -0.142. The molecule has 110 valence electrons. The number of hydrogen-bond acceptors (Lipinski definition) is 3. The molecule has 1 aromatic heterocycles. The van der Waals surface area contributed by atoms with Gasteiger partial charge in [0.1, 0.15) is 0 Å². The van der Waals surface area contributed by atoms with Gasteiger partial charge in [-0.25, -0.2) is 0 Å². The summed E-state index contributed by atoms with van der Waals surface area (Å²) in [6, 6.07) is -0.285. The summed E-state index contributed by atoms with van der Waals surface area (Å²) in [7, 11) is 0. The van der Waals surface area contributed by atoms with Gasteiger partial charge in [0.05, 0.1) is 17.7 Å². The van der Waals surface area contributed by atoms with Crippen molar-refractivity contribution in [2.45, 2.75) is 51.6 Å². The zero-order chi connectivity index (χ0) is 14.5. The van der Waals surface area contributed by atoms with E-state index in [0.717, 1.165) is 25.7 Å². The minimum absolute atomic E-state index is 0.233. The molecule has 2 N–H and O–H groups in total. The molecule has 6 nitrogen and oxygen atoms in total. The highest BCUT2D eigenvalue weighted by atomic mass is 16.4. The molecule has 0 saturated heterocycles. The van der Waals surface area contributed by atoms with Crippen LogP contribution in [0.25, 0.3) is 0 Å². The Morgan fingerprint density at radius 2 is 2.15 bits per heavy atom. The van der Waals surface area contributed by atoms with E-state index in [-0.39, 0.29) is 11.9 Å². The number of hydrogen-bond donors (Lipinski definition) is 2. The van der Waals surface area contributed by atoms with Crippen LogP contribution < -0.4 is 5.32 Å². The number of carbonyl (C=O) groups excluding carboxylic acids is 1. The van der Waals surface area contributed by atoms with Gasteiger partial charge in [-0.15, -0.1) is 0 Å². The molecule has 0 aliphatic heterocycles. The van der Waals surface area contributed by atoms with E-state index in [1.165, 1.54) is 6.20 Å². The van der Waals surface area contributed by atoms with Crippen LogP contribution in [0.15, 0.2) is 12.4 Å². The van der Waals surface area contributed by atoms with Gasteiger partial charge in [-0.2, -0.15) is 5.10 Å². The van der Waals surface area contributed by atoms with E-state index >= 15 is 0 Å². The monoisotopic (exact) mass is 279 g/mol. The van der Waals surface area contributed by atoms with Gasteiger partial charge in [0, 0.05) is 18.8 Å². The molecule has 1 aromatic rings. The lowest BCUT2D eigenvalue weighted by Gasteiger charge is -2.22. The Balaban J connectivity index is 2.05. The predicted molar refractivity (Wildman–Crippen MR) is 73.4 cm³/mol. The van der Waals surface area contributed by atoms with E-state index in [1.54, 1.807) is 10.9 Å². The van der Waals surface area contributed by atoms with Gasteiger partial charge in [0.25, 0.3) is 5.91 Å². The third-order valence-electron chi connectivity index (χ3n) is 3.87. The lowest BCUT2D eigenvalue weighted by atomic mass is 9.94. The normalized spacial score (nSPS) is 23.1. The van der Waals surface area contributed by atoms with Crippen molar-refractivity contribution in [1.29, 1.82) is 0 Å². The molecular formula is C14H21N3O3. The van der Waals surface area contributed by atoms with Crippen LogP contribution in [0.3, 0.4) is 0 Å². The number of amides is 1. The maximum atomic E-state index is 12.2. The quantitative estimate of drug-likeness (QED) is 0.821. The molecular weight excluding hydrogens is 258 g/mol. The molecule has 1 aliphatic rings. The average Bonchev–Trinajstić information content (AvgIpc) is 2.79. The van der Waals surface area contributed by atoms with Crippen molar-refractivity contribution in [3.8, 4) is 0 Å². The van der Waals surface area contributed by atoms with Gasteiger partial charge in [-0.1, -0.05) is 19.3 Å². The van der Waals surface area contributed by atoms with Gasteiger partial charge in [0.15, 0.2) is 0 Å². The summed E-state index contributed by atoms with van der Waals surface area (Å²) < 4.78 is 1.68. The summed E-state index contributed by atoms with van der Waals surface area (Å²) in [5.41, 5.74) is 0.486. The minimum Gasteiger partial charge on any atom is -0.481 e. The van der Waals surface area contributed by atoms with Crippen molar-refractivity contribution in [2.24, 2.45) is 5.92 Å². The van der Waals surface area contributed by atoms with Crippen LogP contribution >= 0.6 is 0 Å². The first kappa shape index (κ1) is 14.6. The molecule has 1 saturated carbocycles. The fraction of sp³-hybridized carbons (Fsp3) is 0.643. The first-order valence-electron chi connectivity index (χ1n) is 7.18. The summed E-state index contributed by atoms with van der Waals surface area (Å²) in [5.74, 6) is -1.54. The number of nitrogens with zero attached hydrogens (tertiary/aromatic N) is 2. The van der Waals surface area contributed by atoms with Gasteiger partial charge < -0.3 is 10.4 Å². The lowest BCUT2D eigenvalue weighted by Crippen LogP contribution is -2.42. The van der Waals surface area contributed by atoms with Crippen LogP contribution in [-0.4, -0.2) is 32.8 Å². The number of carbonyl (C=O) groups is 2. The van der Waals surface area contributed by atoms with Gasteiger partial charge in [-0.05, 0) is 19.8 Å². The van der Waals surface area contributed by atoms with E-state index in [1.807, 2.05) is 6.92 Å². The highest BCUT2D eigenvalue weighted by molar-refractivity contribution is 5.94. The number of aromatic nitrogens is 2. The molecule has 2 rings (SSSR count). The molecule has 0 spiro atoms. The molecule has 2 unspecified atom stereocenters. The third kappa shape index (κ3) is 3.37. The van der Waals surface area contributed by atoms with Crippen molar-refractivity contribution in [1.82, 2.24) is 15.1 Å². The predicted octanol–water partition coefficient (Wildman–Crippen LogP) is 1.67. The smallest absolute Gasteiger partial charge is 0.308 e. The fourth-order valence-electron chi connectivity index (χ4n) is 2.68. The van der Waals surface area contributed by atoms with Gasteiger partial charge in [-0.3, -0.25) is 14.3 Å². The molecule has 6 heteroatoms. The Morgan fingerprint density at radius 3 is 2.80 bits per heavy atom. The topological polar surface area (TPSA) is 84.2 Å². The van der Waals surface area contributed by atoms with Crippen molar-refractivity contribution < 1.29 is 14.7 Å². The van der Waals surface area contributed by atoms with E-state index in [4.69, 9.17) is 0 Å². The number of carboxylic acids is 1. The van der Waals surface area contributed by atoms with Crippen LogP contribution in [0.2, 0.25) is 0 Å². The van der Waals surface area contributed by atoms with Crippen LogP contribution in [0.4, 0.5) is 0 Å². The first-order chi connectivity index (χ1) is 9.61. The van der Waals surface area contributed by atoms with Crippen LogP contribution in [-0.2, 0) is 11.3 Å². The number of carboxylic acid groups (broad SMARTS) is 1. The van der Waals surface area contributed by atoms with E-state index in [2.05, 4.69) is 10.4 Å². The molecule has 0 aromatic carbocycles. The summed E-state index contributed by atoms with van der Waals surface area (Å²) >= 11 is 0. The molecule has 1 fully saturated rings. The van der Waals surface area contributed by atoms with Crippen LogP contribution in [0.5, 0.6) is 0 Å². The second-order valence-electron chi connectivity index (χ2n) is 5.25. The highest BCUT2D eigenvalue weighted by Gasteiger charge is 2.30. The van der Waals surface area contributed by atoms with Gasteiger partial charge >= 0.3 is 5.97 Å². The molecule has 20 heavy (non-hydrogen) atoms. The molecule has 1 amide bonds. The van der Waals surface area contributed by atoms with Crippen molar-refractivity contribution in [3.05, 3.63) is 18.0 Å². The molecule has 0 bridgehead atoms. The number of aryl methyl sites for hydroxylation is 1. The molecule has 0 radical (unpaired) electrons. The van der Waals surface area contributed by atoms with Gasteiger partial charge in [0.2, 0.25) is 0 Å². The largest absolute Gasteiger partial charge is 0.481 e. The average molecular weight is 279 g/mol. The number of aliphatic carboxylic acids is 1. The summed E-state index contributed by atoms with van der Waals surface area (Å²) in [4.78, 5) is 23.5. The second-order valence-corrected chi connectivity index (χ2v) is 5.25. The molecule has 2 atom stereocenters.